The van der Waals surface area contributed by atoms with E-state index in [-0.39, 0.29) is 6.04 Å². The Morgan fingerprint density at radius 1 is 0.952 bits per heavy atom. The van der Waals surface area contributed by atoms with Crippen LogP contribution in [0.25, 0.3) is 0 Å². The summed E-state index contributed by atoms with van der Waals surface area (Å²) >= 11 is 0. The molecule has 112 valence electrons. The molecular formula is C19H25NO. The van der Waals surface area contributed by atoms with Crippen molar-refractivity contribution < 1.29 is 4.74 Å². The SMILES string of the molecule is CNC(C)c1cc(C)ccc1OCc1cc(C)cc(C)c1. The minimum Gasteiger partial charge on any atom is -0.489 e. The van der Waals surface area contributed by atoms with Crippen molar-refractivity contribution in [1.82, 2.24) is 5.32 Å². The Kier molecular flexibility index (Phi) is 5.03. The van der Waals surface area contributed by atoms with Crippen LogP contribution in [0.5, 0.6) is 5.75 Å². The van der Waals surface area contributed by atoms with Crippen molar-refractivity contribution in [3.8, 4) is 5.75 Å². The molecule has 0 fully saturated rings. The number of hydrogen-bond donors (Lipinski definition) is 1. The number of benzene rings is 2. The topological polar surface area (TPSA) is 21.3 Å². The summed E-state index contributed by atoms with van der Waals surface area (Å²) in [5, 5.41) is 3.29. The molecule has 0 bridgehead atoms. The van der Waals surface area contributed by atoms with Crippen LogP contribution in [-0.4, -0.2) is 7.05 Å². The maximum atomic E-state index is 6.07. The summed E-state index contributed by atoms with van der Waals surface area (Å²) in [7, 11) is 1.97. The van der Waals surface area contributed by atoms with Gasteiger partial charge in [0.05, 0.1) is 0 Å². The maximum absolute atomic E-state index is 6.07. The zero-order valence-corrected chi connectivity index (χ0v) is 13.7. The highest BCUT2D eigenvalue weighted by Crippen LogP contribution is 2.27. The van der Waals surface area contributed by atoms with Gasteiger partial charge in [0.15, 0.2) is 0 Å². The molecule has 0 heterocycles. The second-order valence-corrected chi connectivity index (χ2v) is 5.84. The Morgan fingerprint density at radius 3 is 2.24 bits per heavy atom. The van der Waals surface area contributed by atoms with Crippen molar-refractivity contribution in [3.63, 3.8) is 0 Å². The standard InChI is InChI=1S/C19H25NO/c1-13-6-7-19(18(11-13)16(4)20-5)21-12-17-9-14(2)8-15(3)10-17/h6-11,16,20H,12H2,1-5H3. The van der Waals surface area contributed by atoms with Crippen LogP contribution in [0.2, 0.25) is 0 Å². The highest BCUT2D eigenvalue weighted by molar-refractivity contribution is 5.39. The average Bonchev–Trinajstić information content (AvgIpc) is 2.44. The minimum atomic E-state index is 0.277. The summed E-state index contributed by atoms with van der Waals surface area (Å²) in [6.45, 7) is 9.11. The van der Waals surface area contributed by atoms with Crippen molar-refractivity contribution in [2.24, 2.45) is 0 Å². The molecule has 0 aromatic heterocycles. The van der Waals surface area contributed by atoms with Gasteiger partial charge in [-0.3, -0.25) is 0 Å². The largest absolute Gasteiger partial charge is 0.489 e. The molecule has 0 saturated carbocycles. The van der Waals surface area contributed by atoms with Crippen LogP contribution in [0.3, 0.4) is 0 Å². The van der Waals surface area contributed by atoms with Crippen molar-refractivity contribution in [1.29, 1.82) is 0 Å². The highest BCUT2D eigenvalue weighted by atomic mass is 16.5. The van der Waals surface area contributed by atoms with Crippen LogP contribution < -0.4 is 10.1 Å². The number of hydrogen-bond acceptors (Lipinski definition) is 2. The van der Waals surface area contributed by atoms with E-state index in [0.29, 0.717) is 6.61 Å². The van der Waals surface area contributed by atoms with E-state index < -0.39 is 0 Å². The third-order valence-corrected chi connectivity index (χ3v) is 3.74. The molecule has 0 spiro atoms. The van der Waals surface area contributed by atoms with Crippen molar-refractivity contribution in [3.05, 3.63) is 64.2 Å². The van der Waals surface area contributed by atoms with Crippen molar-refractivity contribution >= 4 is 0 Å². The Hall–Kier alpha value is -1.80. The zero-order chi connectivity index (χ0) is 15.4. The smallest absolute Gasteiger partial charge is 0.124 e. The molecule has 1 atom stereocenters. The molecule has 21 heavy (non-hydrogen) atoms. The molecule has 1 N–H and O–H groups in total. The lowest BCUT2D eigenvalue weighted by atomic mass is 10.0. The first-order valence-electron chi connectivity index (χ1n) is 7.47. The molecule has 2 rings (SSSR count). The van der Waals surface area contributed by atoms with Gasteiger partial charge in [-0.1, -0.05) is 47.0 Å². The van der Waals surface area contributed by atoms with Gasteiger partial charge in [-0.25, -0.2) is 0 Å². The number of ether oxygens (including phenoxy) is 1. The Bertz CT molecular complexity index is 599. The molecule has 2 aromatic rings. The molecule has 0 aliphatic carbocycles. The summed E-state index contributed by atoms with van der Waals surface area (Å²) < 4.78 is 6.07. The van der Waals surface area contributed by atoms with E-state index in [0.717, 1.165) is 5.75 Å². The van der Waals surface area contributed by atoms with E-state index in [9.17, 15) is 0 Å². The third kappa shape index (κ3) is 4.08. The van der Waals surface area contributed by atoms with Gasteiger partial charge in [-0.2, -0.15) is 0 Å². The Balaban J connectivity index is 2.19. The van der Waals surface area contributed by atoms with Gasteiger partial charge in [0.25, 0.3) is 0 Å². The van der Waals surface area contributed by atoms with Gasteiger partial charge < -0.3 is 10.1 Å². The predicted molar refractivity (Wildman–Crippen MR) is 88.9 cm³/mol. The minimum absolute atomic E-state index is 0.277. The lowest BCUT2D eigenvalue weighted by Gasteiger charge is -2.17. The van der Waals surface area contributed by atoms with Gasteiger partial charge in [0, 0.05) is 11.6 Å². The van der Waals surface area contributed by atoms with Gasteiger partial charge in [0.2, 0.25) is 0 Å². The predicted octanol–water partition coefficient (Wildman–Crippen LogP) is 4.47. The van der Waals surface area contributed by atoms with E-state index in [1.54, 1.807) is 0 Å². The van der Waals surface area contributed by atoms with Crippen LogP contribution in [0.1, 0.15) is 40.8 Å². The number of nitrogens with one attached hydrogen (secondary N) is 1. The second kappa shape index (κ2) is 6.77. The molecule has 0 aliphatic rings. The van der Waals surface area contributed by atoms with E-state index in [1.165, 1.54) is 27.8 Å². The van der Waals surface area contributed by atoms with E-state index in [2.05, 4.69) is 69.4 Å². The van der Waals surface area contributed by atoms with E-state index in [4.69, 9.17) is 4.74 Å². The molecule has 1 unspecified atom stereocenters. The van der Waals surface area contributed by atoms with Gasteiger partial charge in [-0.05, 0) is 46.4 Å². The summed E-state index contributed by atoms with van der Waals surface area (Å²) in [4.78, 5) is 0. The molecule has 2 aromatic carbocycles. The van der Waals surface area contributed by atoms with Gasteiger partial charge in [-0.15, -0.1) is 0 Å². The van der Waals surface area contributed by atoms with Gasteiger partial charge in [0.1, 0.15) is 12.4 Å². The zero-order valence-electron chi connectivity index (χ0n) is 13.7. The van der Waals surface area contributed by atoms with Crippen molar-refractivity contribution in [2.45, 2.75) is 40.3 Å². The Labute approximate surface area is 128 Å². The lowest BCUT2D eigenvalue weighted by molar-refractivity contribution is 0.300. The molecule has 0 radical (unpaired) electrons. The highest BCUT2D eigenvalue weighted by Gasteiger charge is 2.10. The van der Waals surface area contributed by atoms with Crippen LogP contribution >= 0.6 is 0 Å². The summed E-state index contributed by atoms with van der Waals surface area (Å²) in [6.07, 6.45) is 0. The third-order valence-electron chi connectivity index (χ3n) is 3.74. The van der Waals surface area contributed by atoms with E-state index >= 15 is 0 Å². The molecule has 2 nitrogen and oxygen atoms in total. The van der Waals surface area contributed by atoms with Gasteiger partial charge >= 0.3 is 0 Å². The van der Waals surface area contributed by atoms with Crippen LogP contribution in [0, 0.1) is 20.8 Å². The summed E-state index contributed by atoms with van der Waals surface area (Å²) in [5.74, 6) is 0.960. The number of aryl methyl sites for hydroxylation is 3. The van der Waals surface area contributed by atoms with Crippen LogP contribution in [-0.2, 0) is 6.61 Å². The van der Waals surface area contributed by atoms with Crippen LogP contribution in [0.15, 0.2) is 36.4 Å². The molecular weight excluding hydrogens is 258 g/mol. The fourth-order valence-corrected chi connectivity index (χ4v) is 2.61. The summed E-state index contributed by atoms with van der Waals surface area (Å²) in [6, 6.07) is 13.2. The first kappa shape index (κ1) is 15.6. The molecule has 0 saturated heterocycles. The fraction of sp³-hybridized carbons (Fsp3) is 0.368. The van der Waals surface area contributed by atoms with Crippen molar-refractivity contribution in [2.75, 3.05) is 7.05 Å². The molecule has 0 amide bonds. The van der Waals surface area contributed by atoms with E-state index in [1.807, 2.05) is 7.05 Å². The fourth-order valence-electron chi connectivity index (χ4n) is 2.61. The lowest BCUT2D eigenvalue weighted by Crippen LogP contribution is -2.14. The average molecular weight is 283 g/mol. The normalized spacial score (nSPS) is 12.2. The van der Waals surface area contributed by atoms with Crippen LogP contribution in [0.4, 0.5) is 0 Å². The first-order valence-corrected chi connectivity index (χ1v) is 7.47. The summed E-state index contributed by atoms with van der Waals surface area (Å²) in [5.41, 5.74) is 6.24. The second-order valence-electron chi connectivity index (χ2n) is 5.84. The molecule has 0 aliphatic heterocycles. The first-order chi connectivity index (χ1) is 9.99. The number of rotatable bonds is 5. The monoisotopic (exact) mass is 283 g/mol. The quantitative estimate of drug-likeness (QED) is 0.874. The maximum Gasteiger partial charge on any atom is 0.124 e. The Morgan fingerprint density at radius 2 is 1.62 bits per heavy atom. The molecule has 2 heteroatoms.